The van der Waals surface area contributed by atoms with Crippen molar-refractivity contribution in [2.24, 2.45) is 0 Å². The van der Waals surface area contributed by atoms with Gasteiger partial charge in [0.2, 0.25) is 0 Å². The number of aromatic nitrogens is 2. The largest absolute Gasteiger partial charge is 0.459 e. The molecule has 0 aliphatic heterocycles. The average molecular weight is 486 g/mol. The van der Waals surface area contributed by atoms with Gasteiger partial charge in [-0.25, -0.2) is 13.4 Å². The summed E-state index contributed by atoms with van der Waals surface area (Å²) in [6.45, 7) is 6.66. The molecule has 34 heavy (non-hydrogen) atoms. The van der Waals surface area contributed by atoms with Crippen LogP contribution in [-0.2, 0) is 32.5 Å². The highest BCUT2D eigenvalue weighted by molar-refractivity contribution is 7.90. The Morgan fingerprint density at radius 1 is 1.09 bits per heavy atom. The molecule has 1 amide bonds. The standard InChI is InChI=1S/C24H27N3O6S/c1-15-6-8-16(9-7-15)13-25-22(29)18-12-17-10-11-19(34(5,31)32)26-21(17)27(23(18)30)14-20(28)33-24(2,3)4/h6-12H,13-14H2,1-5H3,(H,25,29). The van der Waals surface area contributed by atoms with E-state index in [1.807, 2.05) is 31.2 Å². The molecule has 180 valence electrons. The van der Waals surface area contributed by atoms with E-state index in [4.69, 9.17) is 4.74 Å². The van der Waals surface area contributed by atoms with Crippen molar-refractivity contribution in [1.82, 2.24) is 14.9 Å². The number of fused-ring (bicyclic) bond motifs is 1. The number of rotatable bonds is 6. The van der Waals surface area contributed by atoms with Crippen LogP contribution in [-0.4, -0.2) is 41.7 Å². The molecule has 0 radical (unpaired) electrons. The summed E-state index contributed by atoms with van der Waals surface area (Å²) in [4.78, 5) is 42.7. The molecule has 2 aromatic heterocycles. The molecule has 10 heteroatoms. The Hall–Kier alpha value is -3.53. The number of benzene rings is 1. The molecule has 3 aromatic rings. The normalized spacial score (nSPS) is 11.9. The third-order valence-corrected chi connectivity index (χ3v) is 5.80. The second-order valence-electron chi connectivity index (χ2n) is 9.04. The monoisotopic (exact) mass is 485 g/mol. The second kappa shape index (κ2) is 9.38. The van der Waals surface area contributed by atoms with Crippen LogP contribution in [0.1, 0.15) is 42.3 Å². The summed E-state index contributed by atoms with van der Waals surface area (Å²) in [6.07, 6.45) is 0.990. The van der Waals surface area contributed by atoms with Gasteiger partial charge in [0.15, 0.2) is 14.9 Å². The van der Waals surface area contributed by atoms with Crippen LogP contribution in [0.25, 0.3) is 11.0 Å². The number of hydrogen-bond donors (Lipinski definition) is 1. The maximum atomic E-state index is 13.2. The van der Waals surface area contributed by atoms with Gasteiger partial charge in [-0.2, -0.15) is 0 Å². The van der Waals surface area contributed by atoms with Crippen molar-refractivity contribution in [2.75, 3.05) is 6.26 Å². The summed E-state index contributed by atoms with van der Waals surface area (Å²) in [6, 6.07) is 11.6. The molecule has 0 aliphatic carbocycles. The van der Waals surface area contributed by atoms with Crippen LogP contribution in [0, 0.1) is 6.92 Å². The lowest BCUT2D eigenvalue weighted by molar-refractivity contribution is -0.155. The number of nitrogens with zero attached hydrogens (tertiary/aromatic N) is 2. The van der Waals surface area contributed by atoms with Crippen LogP contribution in [0.3, 0.4) is 0 Å². The second-order valence-corrected chi connectivity index (χ2v) is 11.0. The highest BCUT2D eigenvalue weighted by Gasteiger charge is 2.22. The summed E-state index contributed by atoms with van der Waals surface area (Å²) >= 11 is 0. The van der Waals surface area contributed by atoms with Gasteiger partial charge >= 0.3 is 5.97 Å². The minimum absolute atomic E-state index is 0.0335. The van der Waals surface area contributed by atoms with E-state index < -0.39 is 39.4 Å². The van der Waals surface area contributed by atoms with Crippen molar-refractivity contribution in [1.29, 1.82) is 0 Å². The number of carbonyl (C=O) groups excluding carboxylic acids is 2. The van der Waals surface area contributed by atoms with Crippen LogP contribution in [0.4, 0.5) is 0 Å². The molecule has 0 unspecified atom stereocenters. The van der Waals surface area contributed by atoms with E-state index in [0.717, 1.165) is 21.9 Å². The molecular weight excluding hydrogens is 458 g/mol. The number of aryl methyl sites for hydroxylation is 1. The number of nitrogens with one attached hydrogen (secondary N) is 1. The molecule has 0 saturated carbocycles. The molecule has 0 spiro atoms. The minimum Gasteiger partial charge on any atom is -0.459 e. The smallest absolute Gasteiger partial charge is 0.326 e. The summed E-state index contributed by atoms with van der Waals surface area (Å²) in [5, 5.41) is 2.78. The Morgan fingerprint density at radius 2 is 1.74 bits per heavy atom. The highest BCUT2D eigenvalue weighted by Crippen LogP contribution is 2.17. The van der Waals surface area contributed by atoms with Gasteiger partial charge in [0.25, 0.3) is 11.5 Å². The lowest BCUT2D eigenvalue weighted by Gasteiger charge is -2.20. The van der Waals surface area contributed by atoms with Crippen molar-refractivity contribution in [3.05, 3.63) is 69.5 Å². The molecular formula is C24H27N3O6S. The van der Waals surface area contributed by atoms with E-state index in [1.54, 1.807) is 20.8 Å². The van der Waals surface area contributed by atoms with Crippen LogP contribution in [0.15, 0.2) is 52.3 Å². The highest BCUT2D eigenvalue weighted by atomic mass is 32.2. The predicted molar refractivity (Wildman–Crippen MR) is 127 cm³/mol. The number of esters is 1. The van der Waals surface area contributed by atoms with Gasteiger partial charge in [-0.1, -0.05) is 29.8 Å². The maximum absolute atomic E-state index is 13.2. The zero-order valence-corrected chi connectivity index (χ0v) is 20.5. The summed E-state index contributed by atoms with van der Waals surface area (Å²) in [5.41, 5.74) is 0.123. The third kappa shape index (κ3) is 6.07. The van der Waals surface area contributed by atoms with Crippen molar-refractivity contribution >= 4 is 32.7 Å². The van der Waals surface area contributed by atoms with E-state index in [0.29, 0.717) is 5.39 Å². The molecule has 1 aromatic carbocycles. The fourth-order valence-corrected chi connectivity index (χ4v) is 3.80. The molecule has 0 bridgehead atoms. The number of carbonyl (C=O) groups is 2. The van der Waals surface area contributed by atoms with E-state index in [1.165, 1.54) is 18.2 Å². The molecule has 3 rings (SSSR count). The summed E-state index contributed by atoms with van der Waals surface area (Å²) in [7, 11) is -3.67. The Balaban J connectivity index is 2.05. The SMILES string of the molecule is Cc1ccc(CNC(=O)c2cc3ccc(S(C)(=O)=O)nc3n(CC(=O)OC(C)(C)C)c2=O)cc1. The minimum atomic E-state index is -3.67. The Labute approximate surface area is 197 Å². The molecule has 2 heterocycles. The Kier molecular flexibility index (Phi) is 6.92. The van der Waals surface area contributed by atoms with Gasteiger partial charge in [0.05, 0.1) is 0 Å². The Bertz CT molecular complexity index is 1420. The molecule has 1 N–H and O–H groups in total. The number of amides is 1. The zero-order chi connectivity index (χ0) is 25.3. The quantitative estimate of drug-likeness (QED) is 0.532. The van der Waals surface area contributed by atoms with Crippen LogP contribution in [0.2, 0.25) is 0 Å². The number of pyridine rings is 2. The first-order valence-electron chi connectivity index (χ1n) is 10.5. The number of hydrogen-bond acceptors (Lipinski definition) is 7. The first kappa shape index (κ1) is 25.1. The van der Waals surface area contributed by atoms with E-state index in [-0.39, 0.29) is 22.8 Å². The first-order valence-corrected chi connectivity index (χ1v) is 12.4. The predicted octanol–water partition coefficient (Wildman–Crippen LogP) is 2.38. The third-order valence-electron chi connectivity index (χ3n) is 4.82. The van der Waals surface area contributed by atoms with Crippen LogP contribution < -0.4 is 10.9 Å². The van der Waals surface area contributed by atoms with Gasteiger partial charge in [0, 0.05) is 18.2 Å². The topological polar surface area (TPSA) is 124 Å². The van der Waals surface area contributed by atoms with E-state index in [2.05, 4.69) is 10.3 Å². The van der Waals surface area contributed by atoms with E-state index >= 15 is 0 Å². The van der Waals surface area contributed by atoms with Gasteiger partial charge in [-0.05, 0) is 51.5 Å². The van der Waals surface area contributed by atoms with Gasteiger partial charge < -0.3 is 10.1 Å². The van der Waals surface area contributed by atoms with Crippen molar-refractivity contribution < 1.29 is 22.7 Å². The number of ether oxygens (including phenoxy) is 1. The van der Waals surface area contributed by atoms with Crippen molar-refractivity contribution in [3.63, 3.8) is 0 Å². The molecule has 9 nitrogen and oxygen atoms in total. The van der Waals surface area contributed by atoms with Crippen molar-refractivity contribution in [3.8, 4) is 0 Å². The summed E-state index contributed by atoms with van der Waals surface area (Å²) in [5.74, 6) is -1.35. The fraction of sp³-hybridized carbons (Fsp3) is 0.333. The van der Waals surface area contributed by atoms with Gasteiger partial charge in [0.1, 0.15) is 23.4 Å². The molecule has 0 fully saturated rings. The van der Waals surface area contributed by atoms with Crippen LogP contribution in [0.5, 0.6) is 0 Å². The van der Waals surface area contributed by atoms with E-state index in [9.17, 15) is 22.8 Å². The average Bonchev–Trinajstić information content (AvgIpc) is 2.72. The number of sulfone groups is 1. The molecule has 0 saturated heterocycles. The molecule has 0 atom stereocenters. The van der Waals surface area contributed by atoms with Crippen LogP contribution >= 0.6 is 0 Å². The van der Waals surface area contributed by atoms with Gasteiger partial charge in [-0.3, -0.25) is 19.0 Å². The lowest BCUT2D eigenvalue weighted by Crippen LogP contribution is -2.36. The fourth-order valence-electron chi connectivity index (χ4n) is 3.23. The Morgan fingerprint density at radius 3 is 2.32 bits per heavy atom. The maximum Gasteiger partial charge on any atom is 0.326 e. The van der Waals surface area contributed by atoms with Gasteiger partial charge in [-0.15, -0.1) is 0 Å². The lowest BCUT2D eigenvalue weighted by atomic mass is 10.1. The molecule has 0 aliphatic rings. The van der Waals surface area contributed by atoms with Crippen molar-refractivity contribution in [2.45, 2.75) is 51.4 Å². The zero-order valence-electron chi connectivity index (χ0n) is 19.7. The first-order chi connectivity index (χ1) is 15.7. The summed E-state index contributed by atoms with van der Waals surface area (Å²) < 4.78 is 30.3.